The molecule has 0 saturated heterocycles. The first-order valence-corrected chi connectivity index (χ1v) is 10.4. The number of hydrogen-bond donors (Lipinski definition) is 1. The highest BCUT2D eigenvalue weighted by Crippen LogP contribution is 2.32. The van der Waals surface area contributed by atoms with Crippen LogP contribution in [0.25, 0.3) is 6.08 Å². The molecule has 33 heavy (non-hydrogen) atoms. The number of carbonyl (C=O) groups is 1. The zero-order valence-corrected chi connectivity index (χ0v) is 17.8. The number of fused-ring (bicyclic) bond motifs is 1. The molecule has 0 aliphatic carbocycles. The molecule has 0 aromatic heterocycles. The number of rotatable bonds is 9. The first-order valence-electron chi connectivity index (χ1n) is 10.4. The third-order valence-corrected chi connectivity index (χ3v) is 4.81. The van der Waals surface area contributed by atoms with Gasteiger partial charge in [0.1, 0.15) is 36.4 Å². The van der Waals surface area contributed by atoms with E-state index >= 15 is 0 Å². The fourth-order valence-corrected chi connectivity index (χ4v) is 3.14. The second kappa shape index (κ2) is 10.7. The summed E-state index contributed by atoms with van der Waals surface area (Å²) in [6.45, 7) is 1.29. The van der Waals surface area contributed by atoms with Gasteiger partial charge in [-0.3, -0.25) is 4.79 Å². The van der Waals surface area contributed by atoms with Crippen molar-refractivity contribution >= 4 is 12.0 Å². The molecule has 0 fully saturated rings. The number of nitrogens with one attached hydrogen (secondary N) is 1. The molecule has 1 amide bonds. The van der Waals surface area contributed by atoms with Crippen molar-refractivity contribution < 1.29 is 23.7 Å². The van der Waals surface area contributed by atoms with Crippen LogP contribution in [0, 0.1) is 11.3 Å². The highest BCUT2D eigenvalue weighted by Gasteiger charge is 2.14. The normalized spacial score (nSPS) is 12.0. The van der Waals surface area contributed by atoms with Gasteiger partial charge in [0.05, 0.1) is 0 Å². The average Bonchev–Trinajstić information content (AvgIpc) is 3.33. The van der Waals surface area contributed by atoms with Crippen molar-refractivity contribution in [2.24, 2.45) is 0 Å². The lowest BCUT2D eigenvalue weighted by molar-refractivity contribution is -0.117. The Morgan fingerprint density at radius 2 is 1.64 bits per heavy atom. The maximum Gasteiger partial charge on any atom is 0.262 e. The van der Waals surface area contributed by atoms with Crippen LogP contribution in [0.4, 0.5) is 0 Å². The van der Waals surface area contributed by atoms with Crippen LogP contribution in [0.1, 0.15) is 11.1 Å². The van der Waals surface area contributed by atoms with Crippen LogP contribution in [0.15, 0.2) is 78.4 Å². The van der Waals surface area contributed by atoms with Crippen LogP contribution in [0.5, 0.6) is 23.0 Å². The number of benzene rings is 3. The van der Waals surface area contributed by atoms with Gasteiger partial charge in [0.25, 0.3) is 5.91 Å². The Bertz CT molecular complexity index is 1170. The summed E-state index contributed by atoms with van der Waals surface area (Å²) < 4.78 is 21.9. The molecule has 1 heterocycles. The smallest absolute Gasteiger partial charge is 0.262 e. The van der Waals surface area contributed by atoms with E-state index in [0.29, 0.717) is 30.5 Å². The van der Waals surface area contributed by atoms with Crippen molar-refractivity contribution in [1.82, 2.24) is 5.32 Å². The first-order chi connectivity index (χ1) is 16.2. The summed E-state index contributed by atoms with van der Waals surface area (Å²) in [5, 5.41) is 12.2. The lowest BCUT2D eigenvalue weighted by Gasteiger charge is -2.08. The van der Waals surface area contributed by atoms with Crippen LogP contribution in [-0.4, -0.2) is 25.9 Å². The van der Waals surface area contributed by atoms with E-state index in [9.17, 15) is 10.1 Å². The van der Waals surface area contributed by atoms with Gasteiger partial charge in [0.2, 0.25) is 6.79 Å². The molecule has 4 rings (SSSR count). The Labute approximate surface area is 191 Å². The van der Waals surface area contributed by atoms with Gasteiger partial charge in [-0.15, -0.1) is 0 Å². The quantitative estimate of drug-likeness (QED) is 0.305. The molecule has 0 atom stereocenters. The molecular weight excluding hydrogens is 420 g/mol. The molecule has 7 nitrogen and oxygen atoms in total. The summed E-state index contributed by atoms with van der Waals surface area (Å²) in [4.78, 5) is 12.4. The zero-order valence-electron chi connectivity index (χ0n) is 17.8. The fraction of sp³-hybridized carbons (Fsp3) is 0.154. The van der Waals surface area contributed by atoms with E-state index in [1.165, 1.54) is 6.08 Å². The third kappa shape index (κ3) is 6.05. The second-order valence-electron chi connectivity index (χ2n) is 7.12. The zero-order chi connectivity index (χ0) is 22.9. The van der Waals surface area contributed by atoms with Gasteiger partial charge in [0, 0.05) is 6.54 Å². The summed E-state index contributed by atoms with van der Waals surface area (Å²) in [6, 6.07) is 24.1. The monoisotopic (exact) mass is 442 g/mol. The van der Waals surface area contributed by atoms with E-state index in [2.05, 4.69) is 5.32 Å². The van der Waals surface area contributed by atoms with Crippen molar-refractivity contribution in [3.8, 4) is 29.1 Å². The third-order valence-electron chi connectivity index (χ3n) is 4.81. The van der Waals surface area contributed by atoms with E-state index in [0.717, 1.165) is 16.9 Å². The molecular formula is C26H22N2O5. The molecule has 0 bridgehead atoms. The Morgan fingerprint density at radius 3 is 2.36 bits per heavy atom. The van der Waals surface area contributed by atoms with Crippen LogP contribution in [0.3, 0.4) is 0 Å². The largest absolute Gasteiger partial charge is 0.490 e. The number of para-hydroxylation sites is 1. The number of hydrogen-bond acceptors (Lipinski definition) is 6. The Balaban J connectivity index is 1.27. The van der Waals surface area contributed by atoms with Crippen molar-refractivity contribution in [3.05, 3.63) is 89.5 Å². The van der Waals surface area contributed by atoms with Crippen LogP contribution < -0.4 is 24.3 Å². The van der Waals surface area contributed by atoms with Crippen LogP contribution in [-0.2, 0) is 11.3 Å². The highest BCUT2D eigenvalue weighted by atomic mass is 16.7. The van der Waals surface area contributed by atoms with Gasteiger partial charge < -0.3 is 24.3 Å². The summed E-state index contributed by atoms with van der Waals surface area (Å²) in [5.74, 6) is 2.34. The summed E-state index contributed by atoms with van der Waals surface area (Å²) >= 11 is 0. The molecule has 3 aromatic carbocycles. The van der Waals surface area contributed by atoms with Crippen LogP contribution >= 0.6 is 0 Å². The van der Waals surface area contributed by atoms with E-state index in [-0.39, 0.29) is 18.9 Å². The lowest BCUT2D eigenvalue weighted by atomic mass is 10.1. The van der Waals surface area contributed by atoms with E-state index < -0.39 is 5.91 Å². The van der Waals surface area contributed by atoms with Gasteiger partial charge in [0.15, 0.2) is 11.5 Å². The number of carbonyl (C=O) groups excluding carboxylic acids is 1. The Morgan fingerprint density at radius 1 is 0.939 bits per heavy atom. The molecule has 166 valence electrons. The lowest BCUT2D eigenvalue weighted by Crippen LogP contribution is -2.23. The van der Waals surface area contributed by atoms with Gasteiger partial charge in [-0.2, -0.15) is 5.26 Å². The maximum atomic E-state index is 12.4. The summed E-state index contributed by atoms with van der Waals surface area (Å²) in [5.41, 5.74) is 1.58. The molecule has 0 radical (unpaired) electrons. The number of ether oxygens (including phenoxy) is 4. The van der Waals surface area contributed by atoms with Crippen molar-refractivity contribution in [2.45, 2.75) is 6.54 Å². The summed E-state index contributed by atoms with van der Waals surface area (Å²) in [7, 11) is 0. The minimum atomic E-state index is -0.450. The predicted molar refractivity (Wildman–Crippen MR) is 122 cm³/mol. The number of nitriles is 1. The molecule has 1 aliphatic heterocycles. The van der Waals surface area contributed by atoms with Gasteiger partial charge >= 0.3 is 0 Å². The molecule has 1 aliphatic rings. The van der Waals surface area contributed by atoms with Gasteiger partial charge in [-0.25, -0.2) is 0 Å². The number of nitrogens with zero attached hydrogens (tertiary/aromatic N) is 1. The summed E-state index contributed by atoms with van der Waals surface area (Å²) in [6.07, 6.45) is 1.54. The van der Waals surface area contributed by atoms with Crippen molar-refractivity contribution in [1.29, 1.82) is 5.26 Å². The molecule has 1 N–H and O–H groups in total. The van der Waals surface area contributed by atoms with E-state index in [1.807, 2.05) is 48.5 Å². The Hall–Kier alpha value is -4.44. The topological polar surface area (TPSA) is 89.8 Å². The maximum absolute atomic E-state index is 12.4. The standard InChI is InChI=1S/C26H22N2O5/c27-16-21(26(29)28-17-20-8-11-24-25(15-20)33-18-32-24)14-19-6-9-23(10-7-19)31-13-12-30-22-4-2-1-3-5-22/h1-11,14-15H,12-13,17-18H2,(H,28,29)/b21-14+. The molecule has 0 saturated carbocycles. The molecule has 7 heteroatoms. The molecule has 0 spiro atoms. The van der Waals surface area contributed by atoms with Crippen LogP contribution in [0.2, 0.25) is 0 Å². The fourth-order valence-electron chi connectivity index (χ4n) is 3.14. The number of amides is 1. The SMILES string of the molecule is N#C/C(=C\c1ccc(OCCOc2ccccc2)cc1)C(=O)NCc1ccc2c(c1)OCO2. The first kappa shape index (κ1) is 21.8. The van der Waals surface area contributed by atoms with E-state index in [4.69, 9.17) is 18.9 Å². The highest BCUT2D eigenvalue weighted by molar-refractivity contribution is 6.01. The van der Waals surface area contributed by atoms with E-state index in [1.54, 1.807) is 30.3 Å². The molecule has 0 unspecified atom stereocenters. The van der Waals surface area contributed by atoms with Gasteiger partial charge in [-0.05, 0) is 53.6 Å². The minimum absolute atomic E-state index is 0.0145. The van der Waals surface area contributed by atoms with Crippen molar-refractivity contribution in [3.63, 3.8) is 0 Å². The average molecular weight is 442 g/mol. The minimum Gasteiger partial charge on any atom is -0.490 e. The second-order valence-corrected chi connectivity index (χ2v) is 7.12. The van der Waals surface area contributed by atoms with Gasteiger partial charge in [-0.1, -0.05) is 36.4 Å². The van der Waals surface area contributed by atoms with Crippen molar-refractivity contribution in [2.75, 3.05) is 20.0 Å². The molecule has 3 aromatic rings. The predicted octanol–water partition coefficient (Wildman–Crippen LogP) is 4.10. The Kier molecular flexibility index (Phi) is 7.08.